The van der Waals surface area contributed by atoms with Crippen molar-refractivity contribution in [3.8, 4) is 0 Å². The molecule has 0 atom stereocenters. The number of hydrogen-bond acceptors (Lipinski definition) is 1. The van der Waals surface area contributed by atoms with Crippen LogP contribution in [-0.4, -0.2) is 6.54 Å². The highest BCUT2D eigenvalue weighted by atomic mass is 79.9. The molecule has 14 heavy (non-hydrogen) atoms. The smallest absolute Gasteiger partial charge is 0.142 e. The van der Waals surface area contributed by atoms with Gasteiger partial charge in [0.1, 0.15) is 5.82 Å². The molecular weight excluding hydrogens is 245 g/mol. The van der Waals surface area contributed by atoms with Crippen molar-refractivity contribution < 1.29 is 4.39 Å². The Bertz CT molecular complexity index is 399. The van der Waals surface area contributed by atoms with Gasteiger partial charge in [-0.2, -0.15) is 0 Å². The molecule has 1 aromatic rings. The molecular formula is C11H13BrFN. The van der Waals surface area contributed by atoms with E-state index in [-0.39, 0.29) is 11.2 Å². The quantitative estimate of drug-likeness (QED) is 0.749. The molecule has 0 aliphatic carbocycles. The molecule has 0 unspecified atom stereocenters. The van der Waals surface area contributed by atoms with Crippen LogP contribution in [0.1, 0.15) is 25.0 Å². The van der Waals surface area contributed by atoms with Crippen LogP contribution in [-0.2, 0) is 5.41 Å². The molecule has 1 N–H and O–H groups in total. The number of halogens is 2. The maximum Gasteiger partial charge on any atom is 0.142 e. The molecule has 1 aliphatic rings. The van der Waals surface area contributed by atoms with Crippen molar-refractivity contribution in [2.45, 2.75) is 26.2 Å². The molecule has 76 valence electrons. The van der Waals surface area contributed by atoms with Crippen molar-refractivity contribution in [2.24, 2.45) is 0 Å². The molecule has 1 nitrogen and oxygen atoms in total. The van der Waals surface area contributed by atoms with E-state index in [0.717, 1.165) is 12.2 Å². The van der Waals surface area contributed by atoms with E-state index in [1.54, 1.807) is 0 Å². The molecule has 1 heterocycles. The molecule has 1 aliphatic heterocycles. The number of fused-ring (bicyclic) bond motifs is 1. The molecule has 3 heteroatoms. The molecule has 0 fully saturated rings. The lowest BCUT2D eigenvalue weighted by molar-refractivity contribution is 0.581. The number of hydrogen-bond donors (Lipinski definition) is 1. The first-order chi connectivity index (χ1) is 6.43. The summed E-state index contributed by atoms with van der Waals surface area (Å²) in [5.74, 6) is -0.158. The number of anilines is 1. The maximum absolute atomic E-state index is 13.6. The second kappa shape index (κ2) is 2.96. The third-order valence-corrected chi connectivity index (χ3v) is 3.47. The van der Waals surface area contributed by atoms with E-state index in [1.165, 1.54) is 5.56 Å². The molecule has 0 aromatic heterocycles. The largest absolute Gasteiger partial charge is 0.384 e. The van der Waals surface area contributed by atoms with Crippen LogP contribution in [0, 0.1) is 12.7 Å². The molecule has 0 spiro atoms. The van der Waals surface area contributed by atoms with Crippen LogP contribution in [0.2, 0.25) is 0 Å². The van der Waals surface area contributed by atoms with Crippen LogP contribution in [0.5, 0.6) is 0 Å². The summed E-state index contributed by atoms with van der Waals surface area (Å²) < 4.78 is 14.1. The monoisotopic (exact) mass is 257 g/mol. The molecule has 2 rings (SSSR count). The van der Waals surface area contributed by atoms with Gasteiger partial charge < -0.3 is 5.32 Å². The number of benzene rings is 1. The molecule has 0 bridgehead atoms. The van der Waals surface area contributed by atoms with Crippen LogP contribution >= 0.6 is 15.9 Å². The van der Waals surface area contributed by atoms with Crippen LogP contribution in [0.3, 0.4) is 0 Å². The van der Waals surface area contributed by atoms with Gasteiger partial charge in [0.15, 0.2) is 0 Å². The van der Waals surface area contributed by atoms with E-state index < -0.39 is 0 Å². The van der Waals surface area contributed by atoms with E-state index in [2.05, 4.69) is 35.1 Å². The first-order valence-electron chi connectivity index (χ1n) is 4.66. The minimum atomic E-state index is -0.158. The van der Waals surface area contributed by atoms with E-state index in [1.807, 2.05) is 13.0 Å². The third kappa shape index (κ3) is 1.26. The van der Waals surface area contributed by atoms with Gasteiger partial charge in [0.25, 0.3) is 0 Å². The van der Waals surface area contributed by atoms with E-state index >= 15 is 0 Å². The Morgan fingerprint density at radius 3 is 2.79 bits per heavy atom. The Balaban J connectivity index is 2.71. The van der Waals surface area contributed by atoms with Gasteiger partial charge in [-0.05, 0) is 34.5 Å². The highest BCUT2D eigenvalue weighted by Gasteiger charge is 2.32. The highest BCUT2D eigenvalue weighted by Crippen LogP contribution is 2.41. The molecule has 0 amide bonds. The van der Waals surface area contributed by atoms with Gasteiger partial charge >= 0.3 is 0 Å². The predicted molar refractivity (Wildman–Crippen MR) is 60.4 cm³/mol. The van der Waals surface area contributed by atoms with Gasteiger partial charge in [0.2, 0.25) is 0 Å². The third-order valence-electron chi connectivity index (χ3n) is 2.89. The maximum atomic E-state index is 13.6. The van der Waals surface area contributed by atoms with Crippen molar-refractivity contribution >= 4 is 21.6 Å². The average molecular weight is 258 g/mol. The Labute approximate surface area is 91.8 Å². The van der Waals surface area contributed by atoms with Crippen LogP contribution < -0.4 is 5.32 Å². The standard InChI is InChI=1S/C11H13BrFN/c1-6-9(13)8(12)4-7-10(6)14-5-11(7,2)3/h4,14H,5H2,1-3H3. The van der Waals surface area contributed by atoms with Crippen molar-refractivity contribution in [2.75, 3.05) is 11.9 Å². The Hall–Kier alpha value is -0.570. The van der Waals surface area contributed by atoms with Crippen LogP contribution in [0.15, 0.2) is 10.5 Å². The van der Waals surface area contributed by atoms with Crippen LogP contribution in [0.25, 0.3) is 0 Å². The second-order valence-electron chi connectivity index (χ2n) is 4.46. The first-order valence-corrected chi connectivity index (χ1v) is 5.46. The van der Waals surface area contributed by atoms with Crippen molar-refractivity contribution in [1.82, 2.24) is 0 Å². The summed E-state index contributed by atoms with van der Waals surface area (Å²) in [4.78, 5) is 0. The summed E-state index contributed by atoms with van der Waals surface area (Å²) in [5.41, 5.74) is 2.97. The minimum absolute atomic E-state index is 0.0936. The second-order valence-corrected chi connectivity index (χ2v) is 5.31. The fourth-order valence-electron chi connectivity index (χ4n) is 1.92. The average Bonchev–Trinajstić information content (AvgIpc) is 2.39. The first kappa shape index (κ1) is 9.97. The Morgan fingerprint density at radius 1 is 1.50 bits per heavy atom. The Kier molecular flexibility index (Phi) is 2.11. The van der Waals surface area contributed by atoms with Gasteiger partial charge in [-0.3, -0.25) is 0 Å². The van der Waals surface area contributed by atoms with E-state index in [9.17, 15) is 4.39 Å². The van der Waals surface area contributed by atoms with Gasteiger partial charge in [-0.25, -0.2) is 4.39 Å². The van der Waals surface area contributed by atoms with Crippen molar-refractivity contribution in [1.29, 1.82) is 0 Å². The molecule has 0 radical (unpaired) electrons. The van der Waals surface area contributed by atoms with Gasteiger partial charge in [-0.15, -0.1) is 0 Å². The topological polar surface area (TPSA) is 12.0 Å². The lowest BCUT2D eigenvalue weighted by Crippen LogP contribution is -2.18. The zero-order chi connectivity index (χ0) is 10.5. The van der Waals surface area contributed by atoms with E-state index in [4.69, 9.17) is 0 Å². The highest BCUT2D eigenvalue weighted by molar-refractivity contribution is 9.10. The fourth-order valence-corrected chi connectivity index (χ4v) is 2.45. The summed E-state index contributed by atoms with van der Waals surface area (Å²) in [5, 5.41) is 3.27. The predicted octanol–water partition coefficient (Wildman–Crippen LogP) is 3.60. The normalized spacial score (nSPS) is 17.8. The summed E-state index contributed by atoms with van der Waals surface area (Å²) >= 11 is 3.25. The summed E-state index contributed by atoms with van der Waals surface area (Å²) in [6.07, 6.45) is 0. The van der Waals surface area contributed by atoms with Crippen molar-refractivity contribution in [3.63, 3.8) is 0 Å². The van der Waals surface area contributed by atoms with Gasteiger partial charge in [0, 0.05) is 23.2 Å². The zero-order valence-electron chi connectivity index (χ0n) is 8.54. The van der Waals surface area contributed by atoms with Crippen LogP contribution in [0.4, 0.5) is 10.1 Å². The summed E-state index contributed by atoms with van der Waals surface area (Å²) in [6.45, 7) is 7.01. The lowest BCUT2D eigenvalue weighted by atomic mass is 9.86. The van der Waals surface area contributed by atoms with Gasteiger partial charge in [0.05, 0.1) is 4.47 Å². The van der Waals surface area contributed by atoms with Gasteiger partial charge in [-0.1, -0.05) is 13.8 Å². The number of nitrogens with one attached hydrogen (secondary N) is 1. The van der Waals surface area contributed by atoms with E-state index in [0.29, 0.717) is 10.0 Å². The summed E-state index contributed by atoms with van der Waals surface area (Å²) in [7, 11) is 0. The fraction of sp³-hybridized carbons (Fsp3) is 0.455. The zero-order valence-corrected chi connectivity index (χ0v) is 10.1. The summed E-state index contributed by atoms with van der Waals surface area (Å²) in [6, 6.07) is 1.89. The molecule has 0 saturated heterocycles. The number of rotatable bonds is 0. The SMILES string of the molecule is Cc1c(F)c(Br)cc2c1NCC2(C)C. The molecule has 0 saturated carbocycles. The Morgan fingerprint density at radius 2 is 2.14 bits per heavy atom. The molecule has 1 aromatic carbocycles. The van der Waals surface area contributed by atoms with Crippen molar-refractivity contribution in [3.05, 3.63) is 27.5 Å². The minimum Gasteiger partial charge on any atom is -0.384 e. The lowest BCUT2D eigenvalue weighted by Gasteiger charge is -2.17.